The fourth-order valence-electron chi connectivity index (χ4n) is 1.09. The maximum atomic E-state index is 9.03. The van der Waals surface area contributed by atoms with Gasteiger partial charge in [-0.1, -0.05) is 0 Å². The summed E-state index contributed by atoms with van der Waals surface area (Å²) in [4.78, 5) is 1.26. The van der Waals surface area contributed by atoms with E-state index >= 15 is 0 Å². The predicted molar refractivity (Wildman–Crippen MR) is 58.9 cm³/mol. The molecule has 0 aliphatic carbocycles. The van der Waals surface area contributed by atoms with Crippen molar-refractivity contribution in [1.29, 1.82) is 0 Å². The molecule has 0 aromatic carbocycles. The lowest BCUT2D eigenvalue weighted by Gasteiger charge is -2.04. The van der Waals surface area contributed by atoms with Crippen molar-refractivity contribution in [3.8, 4) is 5.06 Å². The predicted octanol–water partition coefficient (Wildman–Crippen LogP) is 1.62. The van der Waals surface area contributed by atoms with E-state index in [1.165, 1.54) is 4.88 Å². The van der Waals surface area contributed by atoms with Gasteiger partial charge in [-0.15, -0.1) is 11.3 Å². The molecule has 0 aliphatic rings. The summed E-state index contributed by atoms with van der Waals surface area (Å²) in [6.07, 6.45) is 0.572. The Morgan fingerprint density at radius 2 is 2.36 bits per heavy atom. The minimum atomic E-state index is -0.222. The van der Waals surface area contributed by atoms with E-state index in [1.54, 1.807) is 25.4 Å². The zero-order valence-corrected chi connectivity index (χ0v) is 9.43. The summed E-state index contributed by atoms with van der Waals surface area (Å²) < 4.78 is 5.09. The van der Waals surface area contributed by atoms with Crippen LogP contribution in [0.3, 0.4) is 0 Å². The van der Waals surface area contributed by atoms with Crippen molar-refractivity contribution >= 4 is 11.3 Å². The normalized spacial score (nSPS) is 12.8. The van der Waals surface area contributed by atoms with E-state index < -0.39 is 0 Å². The molecule has 0 amide bonds. The highest BCUT2D eigenvalue weighted by molar-refractivity contribution is 7.13. The standard InChI is InChI=1S/C10H17NO2S/c1-8(12)5-6-11-7-9-3-4-10(13-2)14-9/h3-4,8,11-12H,5-7H2,1-2H3. The van der Waals surface area contributed by atoms with Gasteiger partial charge in [0.15, 0.2) is 5.06 Å². The second kappa shape index (κ2) is 6.01. The smallest absolute Gasteiger partial charge is 0.173 e. The Labute approximate surface area is 88.7 Å². The molecule has 0 saturated carbocycles. The number of methoxy groups -OCH3 is 1. The van der Waals surface area contributed by atoms with Gasteiger partial charge in [0, 0.05) is 11.4 Å². The minimum Gasteiger partial charge on any atom is -0.487 e. The van der Waals surface area contributed by atoms with E-state index in [-0.39, 0.29) is 6.10 Å². The lowest BCUT2D eigenvalue weighted by Crippen LogP contribution is -2.17. The first-order valence-electron chi connectivity index (χ1n) is 4.74. The van der Waals surface area contributed by atoms with Gasteiger partial charge in [0.1, 0.15) is 0 Å². The van der Waals surface area contributed by atoms with Crippen LogP contribution in [0.4, 0.5) is 0 Å². The third-order valence-electron chi connectivity index (χ3n) is 1.88. The third-order valence-corrected chi connectivity index (χ3v) is 2.92. The largest absolute Gasteiger partial charge is 0.487 e. The molecule has 0 radical (unpaired) electrons. The topological polar surface area (TPSA) is 41.5 Å². The van der Waals surface area contributed by atoms with Crippen molar-refractivity contribution in [2.24, 2.45) is 0 Å². The molecule has 0 saturated heterocycles. The summed E-state index contributed by atoms with van der Waals surface area (Å²) in [5, 5.41) is 13.2. The number of ether oxygens (including phenoxy) is 1. The van der Waals surface area contributed by atoms with Crippen LogP contribution in [0.5, 0.6) is 5.06 Å². The highest BCUT2D eigenvalue weighted by Crippen LogP contribution is 2.23. The first-order valence-corrected chi connectivity index (χ1v) is 5.55. The fraction of sp³-hybridized carbons (Fsp3) is 0.600. The Hall–Kier alpha value is -0.580. The van der Waals surface area contributed by atoms with E-state index in [9.17, 15) is 0 Å². The fourth-order valence-corrected chi connectivity index (χ4v) is 1.87. The lowest BCUT2D eigenvalue weighted by molar-refractivity contribution is 0.183. The second-order valence-electron chi connectivity index (χ2n) is 3.24. The van der Waals surface area contributed by atoms with E-state index in [4.69, 9.17) is 9.84 Å². The van der Waals surface area contributed by atoms with Gasteiger partial charge >= 0.3 is 0 Å². The van der Waals surface area contributed by atoms with Crippen LogP contribution >= 0.6 is 11.3 Å². The summed E-state index contributed by atoms with van der Waals surface area (Å²) in [7, 11) is 1.68. The monoisotopic (exact) mass is 215 g/mol. The zero-order valence-electron chi connectivity index (χ0n) is 8.62. The van der Waals surface area contributed by atoms with Gasteiger partial charge in [-0.3, -0.25) is 0 Å². The molecule has 1 aromatic heterocycles. The van der Waals surface area contributed by atoms with Crippen LogP contribution in [0, 0.1) is 0 Å². The van der Waals surface area contributed by atoms with E-state index in [2.05, 4.69) is 11.4 Å². The highest BCUT2D eigenvalue weighted by Gasteiger charge is 1.99. The Morgan fingerprint density at radius 3 is 2.93 bits per heavy atom. The average Bonchev–Trinajstić information content (AvgIpc) is 2.60. The molecule has 3 nitrogen and oxygen atoms in total. The van der Waals surface area contributed by atoms with E-state index in [1.807, 2.05) is 6.07 Å². The number of nitrogens with one attached hydrogen (secondary N) is 1. The Bertz CT molecular complexity index is 260. The van der Waals surface area contributed by atoms with Gasteiger partial charge in [-0.2, -0.15) is 0 Å². The number of rotatable bonds is 6. The van der Waals surface area contributed by atoms with Crippen LogP contribution < -0.4 is 10.1 Å². The van der Waals surface area contributed by atoms with Crippen molar-refractivity contribution in [3.63, 3.8) is 0 Å². The molecule has 1 heterocycles. The molecular weight excluding hydrogens is 198 g/mol. The molecule has 2 N–H and O–H groups in total. The van der Waals surface area contributed by atoms with Gasteiger partial charge in [0.25, 0.3) is 0 Å². The minimum absolute atomic E-state index is 0.222. The summed E-state index contributed by atoms with van der Waals surface area (Å²) in [6.45, 7) is 3.49. The Kier molecular flexibility index (Phi) is 4.93. The summed E-state index contributed by atoms with van der Waals surface area (Å²) in [5.41, 5.74) is 0. The van der Waals surface area contributed by atoms with Gasteiger partial charge < -0.3 is 15.2 Å². The molecule has 1 aromatic rings. The molecule has 0 fully saturated rings. The molecule has 1 atom stereocenters. The molecule has 80 valence electrons. The first kappa shape index (κ1) is 11.5. The van der Waals surface area contributed by atoms with Gasteiger partial charge in [-0.25, -0.2) is 0 Å². The van der Waals surface area contributed by atoms with Crippen LogP contribution in [-0.2, 0) is 6.54 Å². The number of hydrogen-bond donors (Lipinski definition) is 2. The number of hydrogen-bond acceptors (Lipinski definition) is 4. The summed E-state index contributed by atoms with van der Waals surface area (Å²) >= 11 is 1.64. The van der Waals surface area contributed by atoms with Crippen LogP contribution in [0.25, 0.3) is 0 Å². The van der Waals surface area contributed by atoms with Gasteiger partial charge in [0.05, 0.1) is 13.2 Å². The van der Waals surface area contributed by atoms with Crippen molar-refractivity contribution < 1.29 is 9.84 Å². The highest BCUT2D eigenvalue weighted by atomic mass is 32.1. The van der Waals surface area contributed by atoms with Gasteiger partial charge in [-0.05, 0) is 32.0 Å². The average molecular weight is 215 g/mol. The van der Waals surface area contributed by atoms with Gasteiger partial charge in [0.2, 0.25) is 0 Å². The third kappa shape index (κ3) is 4.09. The molecule has 0 bridgehead atoms. The first-order chi connectivity index (χ1) is 6.72. The molecule has 0 spiro atoms. The number of aliphatic hydroxyl groups is 1. The molecular formula is C10H17NO2S. The van der Waals surface area contributed by atoms with Crippen molar-refractivity contribution in [3.05, 3.63) is 17.0 Å². The Morgan fingerprint density at radius 1 is 1.57 bits per heavy atom. The second-order valence-corrected chi connectivity index (χ2v) is 4.37. The molecule has 1 unspecified atom stereocenters. The SMILES string of the molecule is COc1ccc(CNCCC(C)O)s1. The molecule has 4 heteroatoms. The zero-order chi connectivity index (χ0) is 10.4. The maximum Gasteiger partial charge on any atom is 0.173 e. The summed E-state index contributed by atoms with van der Waals surface area (Å²) in [6, 6.07) is 4.02. The van der Waals surface area contributed by atoms with Crippen molar-refractivity contribution in [1.82, 2.24) is 5.32 Å². The van der Waals surface area contributed by atoms with Crippen LogP contribution in [0.1, 0.15) is 18.2 Å². The van der Waals surface area contributed by atoms with E-state index in [0.29, 0.717) is 0 Å². The Balaban J connectivity index is 2.18. The molecule has 1 rings (SSSR count). The van der Waals surface area contributed by atoms with Crippen LogP contribution in [-0.4, -0.2) is 24.9 Å². The lowest BCUT2D eigenvalue weighted by atomic mass is 10.3. The van der Waals surface area contributed by atoms with Crippen LogP contribution in [0.2, 0.25) is 0 Å². The van der Waals surface area contributed by atoms with E-state index in [0.717, 1.165) is 24.6 Å². The quantitative estimate of drug-likeness (QED) is 0.708. The van der Waals surface area contributed by atoms with Crippen molar-refractivity contribution in [2.75, 3.05) is 13.7 Å². The molecule has 14 heavy (non-hydrogen) atoms. The summed E-state index contributed by atoms with van der Waals surface area (Å²) in [5.74, 6) is 0. The van der Waals surface area contributed by atoms with Crippen molar-refractivity contribution in [2.45, 2.75) is 26.0 Å². The van der Waals surface area contributed by atoms with Crippen LogP contribution in [0.15, 0.2) is 12.1 Å². The number of aliphatic hydroxyl groups excluding tert-OH is 1. The molecule has 0 aliphatic heterocycles. The number of thiophene rings is 1. The maximum absolute atomic E-state index is 9.03.